The Morgan fingerprint density at radius 3 is 1.94 bits per heavy atom. The van der Waals surface area contributed by atoms with Gasteiger partial charge in [0.25, 0.3) is 0 Å². The standard InChI is InChI=1S/C13H16.2C2H6/c1-5-7-13-9-12(6-2)10(3)8-11(13)4;2*1-2/h5-7H,1-2,4,8-9H2,3H3;2*1-2H3/b13-7-;;. The summed E-state index contributed by atoms with van der Waals surface area (Å²) >= 11 is 0. The van der Waals surface area contributed by atoms with Crippen LogP contribution in [0.15, 0.2) is 60.3 Å². The molecule has 96 valence electrons. The molecule has 0 bridgehead atoms. The molecule has 0 spiro atoms. The van der Waals surface area contributed by atoms with Crippen molar-refractivity contribution in [3.05, 3.63) is 60.3 Å². The van der Waals surface area contributed by atoms with Crippen molar-refractivity contribution in [3.8, 4) is 0 Å². The van der Waals surface area contributed by atoms with Crippen molar-refractivity contribution < 1.29 is 0 Å². The summed E-state index contributed by atoms with van der Waals surface area (Å²) in [6.07, 6.45) is 7.74. The van der Waals surface area contributed by atoms with Gasteiger partial charge in [-0.15, -0.1) is 0 Å². The first-order chi connectivity index (χ1) is 8.19. The predicted molar refractivity (Wildman–Crippen MR) is 82.2 cm³/mol. The van der Waals surface area contributed by atoms with Gasteiger partial charge in [0.1, 0.15) is 0 Å². The maximum Gasteiger partial charge on any atom is -0.00238 e. The van der Waals surface area contributed by atoms with Gasteiger partial charge < -0.3 is 0 Å². The van der Waals surface area contributed by atoms with Crippen LogP contribution in [0.2, 0.25) is 0 Å². The molecule has 0 aromatic rings. The fraction of sp³-hybridized carbons (Fsp3) is 0.412. The van der Waals surface area contributed by atoms with Crippen molar-refractivity contribution in [2.45, 2.75) is 47.5 Å². The minimum Gasteiger partial charge on any atom is -0.0991 e. The fourth-order valence-electron chi connectivity index (χ4n) is 1.59. The molecule has 1 aliphatic rings. The smallest absolute Gasteiger partial charge is 0.00238 e. The predicted octanol–water partition coefficient (Wildman–Crippen LogP) is 6.00. The van der Waals surface area contributed by atoms with Gasteiger partial charge in [-0.25, -0.2) is 0 Å². The zero-order valence-electron chi connectivity index (χ0n) is 12.3. The molecule has 0 atom stereocenters. The first-order valence-electron chi connectivity index (χ1n) is 6.49. The highest BCUT2D eigenvalue weighted by Gasteiger charge is 2.13. The quantitative estimate of drug-likeness (QED) is 0.547. The molecule has 0 N–H and O–H groups in total. The van der Waals surface area contributed by atoms with Gasteiger partial charge >= 0.3 is 0 Å². The summed E-state index contributed by atoms with van der Waals surface area (Å²) in [5.74, 6) is 0. The van der Waals surface area contributed by atoms with E-state index < -0.39 is 0 Å². The second-order valence-electron chi connectivity index (χ2n) is 3.39. The largest absolute Gasteiger partial charge is 0.0991 e. The van der Waals surface area contributed by atoms with Gasteiger partial charge in [0.05, 0.1) is 0 Å². The van der Waals surface area contributed by atoms with E-state index in [9.17, 15) is 0 Å². The highest BCUT2D eigenvalue weighted by Crippen LogP contribution is 2.32. The first kappa shape index (κ1) is 18.1. The summed E-state index contributed by atoms with van der Waals surface area (Å²) in [6, 6.07) is 0. The van der Waals surface area contributed by atoms with Crippen LogP contribution in [0.1, 0.15) is 47.5 Å². The third-order valence-electron chi connectivity index (χ3n) is 2.43. The molecule has 0 amide bonds. The van der Waals surface area contributed by atoms with E-state index in [1.807, 2.05) is 45.9 Å². The Hall–Kier alpha value is -1.30. The van der Waals surface area contributed by atoms with Gasteiger partial charge in [0, 0.05) is 0 Å². The van der Waals surface area contributed by atoms with Crippen LogP contribution in [-0.4, -0.2) is 0 Å². The van der Waals surface area contributed by atoms with Gasteiger partial charge in [-0.1, -0.05) is 71.2 Å². The lowest BCUT2D eigenvalue weighted by Crippen LogP contribution is -2.01. The van der Waals surface area contributed by atoms with E-state index >= 15 is 0 Å². The zero-order valence-corrected chi connectivity index (χ0v) is 12.3. The first-order valence-corrected chi connectivity index (χ1v) is 6.49. The van der Waals surface area contributed by atoms with Crippen LogP contribution >= 0.6 is 0 Å². The van der Waals surface area contributed by atoms with Gasteiger partial charge in [-0.2, -0.15) is 0 Å². The van der Waals surface area contributed by atoms with E-state index in [-0.39, 0.29) is 0 Å². The molecule has 17 heavy (non-hydrogen) atoms. The Morgan fingerprint density at radius 2 is 1.53 bits per heavy atom. The van der Waals surface area contributed by atoms with Gasteiger partial charge in [-0.05, 0) is 36.5 Å². The van der Waals surface area contributed by atoms with Gasteiger partial charge in [0.2, 0.25) is 0 Å². The third kappa shape index (κ3) is 6.11. The summed E-state index contributed by atoms with van der Waals surface area (Å²) in [7, 11) is 0. The molecule has 0 aromatic carbocycles. The van der Waals surface area contributed by atoms with E-state index in [0.29, 0.717) is 0 Å². The SMILES string of the molecule is C=C/C=C1/CC(C=C)=C(C)CC1=C.CC.CC. The molecule has 0 heteroatoms. The Balaban J connectivity index is 0. The maximum absolute atomic E-state index is 4.05. The lowest BCUT2D eigenvalue weighted by molar-refractivity contribution is 0.973. The van der Waals surface area contributed by atoms with Crippen LogP contribution < -0.4 is 0 Å². The summed E-state index contributed by atoms with van der Waals surface area (Å²) in [5.41, 5.74) is 5.22. The van der Waals surface area contributed by atoms with E-state index in [1.54, 1.807) is 0 Å². The van der Waals surface area contributed by atoms with Crippen LogP contribution in [-0.2, 0) is 0 Å². The van der Waals surface area contributed by atoms with E-state index in [0.717, 1.165) is 12.8 Å². The van der Waals surface area contributed by atoms with Crippen molar-refractivity contribution in [1.29, 1.82) is 0 Å². The summed E-state index contributed by atoms with van der Waals surface area (Å²) in [5, 5.41) is 0. The van der Waals surface area contributed by atoms with Crippen LogP contribution in [0, 0.1) is 0 Å². The second-order valence-corrected chi connectivity index (χ2v) is 3.39. The third-order valence-corrected chi connectivity index (χ3v) is 2.43. The average Bonchev–Trinajstić information content (AvgIpc) is 2.38. The Bertz CT molecular complexity index is 311. The molecule has 0 aromatic heterocycles. The molecule has 0 saturated carbocycles. The molecule has 1 rings (SSSR count). The molecule has 0 nitrogen and oxygen atoms in total. The zero-order chi connectivity index (χ0) is 13.8. The molecule has 0 saturated heterocycles. The highest BCUT2D eigenvalue weighted by atomic mass is 14.2. The second kappa shape index (κ2) is 11.2. The Morgan fingerprint density at radius 1 is 1.00 bits per heavy atom. The molecule has 0 aliphatic heterocycles. The minimum atomic E-state index is 0.959. The summed E-state index contributed by atoms with van der Waals surface area (Å²) < 4.78 is 0. The van der Waals surface area contributed by atoms with Crippen molar-refractivity contribution >= 4 is 0 Å². The van der Waals surface area contributed by atoms with Gasteiger partial charge in [0.15, 0.2) is 0 Å². The lowest BCUT2D eigenvalue weighted by Gasteiger charge is -2.20. The van der Waals surface area contributed by atoms with Crippen molar-refractivity contribution in [2.24, 2.45) is 0 Å². The Kier molecular flexibility index (Phi) is 11.9. The van der Waals surface area contributed by atoms with Crippen LogP contribution in [0.25, 0.3) is 0 Å². The van der Waals surface area contributed by atoms with Crippen molar-refractivity contribution in [1.82, 2.24) is 0 Å². The van der Waals surface area contributed by atoms with Crippen LogP contribution in [0.4, 0.5) is 0 Å². The van der Waals surface area contributed by atoms with Crippen molar-refractivity contribution in [2.75, 3.05) is 0 Å². The fourth-order valence-corrected chi connectivity index (χ4v) is 1.59. The van der Waals surface area contributed by atoms with Gasteiger partial charge in [-0.3, -0.25) is 0 Å². The number of hydrogen-bond donors (Lipinski definition) is 0. The summed E-state index contributed by atoms with van der Waals surface area (Å²) in [6.45, 7) is 21.7. The molecular weight excluding hydrogens is 204 g/mol. The molecule has 0 fully saturated rings. The number of rotatable bonds is 2. The Labute approximate surface area is 108 Å². The van der Waals surface area contributed by atoms with E-state index in [4.69, 9.17) is 0 Å². The number of allylic oxidation sites excluding steroid dienone is 7. The van der Waals surface area contributed by atoms with E-state index in [1.165, 1.54) is 22.3 Å². The topological polar surface area (TPSA) is 0 Å². The number of hydrogen-bond acceptors (Lipinski definition) is 0. The molecule has 0 heterocycles. The monoisotopic (exact) mass is 232 g/mol. The van der Waals surface area contributed by atoms with Crippen LogP contribution in [0.5, 0.6) is 0 Å². The molecule has 1 aliphatic carbocycles. The van der Waals surface area contributed by atoms with Crippen LogP contribution in [0.3, 0.4) is 0 Å². The molecule has 0 radical (unpaired) electrons. The minimum absolute atomic E-state index is 0.959. The van der Waals surface area contributed by atoms with E-state index in [2.05, 4.69) is 26.7 Å². The average molecular weight is 232 g/mol. The lowest BCUT2D eigenvalue weighted by atomic mass is 9.85. The maximum atomic E-state index is 4.05. The highest BCUT2D eigenvalue weighted by molar-refractivity contribution is 5.46. The normalized spacial score (nSPS) is 16.5. The molecular formula is C17H28. The molecule has 0 unspecified atom stereocenters. The van der Waals surface area contributed by atoms with Crippen molar-refractivity contribution in [3.63, 3.8) is 0 Å². The summed E-state index contributed by atoms with van der Waals surface area (Å²) in [4.78, 5) is 0.